The van der Waals surface area contributed by atoms with Crippen LogP contribution >= 0.6 is 0 Å². The Kier molecular flexibility index (Phi) is 5.61. The predicted octanol–water partition coefficient (Wildman–Crippen LogP) is 2.31. The Hall–Kier alpha value is -3.47. The Morgan fingerprint density at radius 3 is 2.55 bits per heavy atom. The van der Waals surface area contributed by atoms with E-state index in [0.717, 1.165) is 12.1 Å². The third-order valence-electron chi connectivity index (χ3n) is 5.92. The zero-order valence-corrected chi connectivity index (χ0v) is 17.9. The molecule has 2 atom stereocenters. The van der Waals surface area contributed by atoms with Crippen molar-refractivity contribution < 1.29 is 23.1 Å². The third-order valence-corrected chi connectivity index (χ3v) is 5.92. The quantitative estimate of drug-likeness (QED) is 0.538. The normalized spacial score (nSPS) is 20.8. The van der Waals surface area contributed by atoms with E-state index in [1.165, 1.54) is 36.3 Å². The van der Waals surface area contributed by atoms with Crippen LogP contribution in [0.2, 0.25) is 0 Å². The van der Waals surface area contributed by atoms with Crippen LogP contribution in [0.3, 0.4) is 0 Å². The van der Waals surface area contributed by atoms with Gasteiger partial charge in [-0.05, 0) is 31.0 Å². The molecule has 0 aliphatic carbocycles. The number of alkyl halides is 3. The van der Waals surface area contributed by atoms with Gasteiger partial charge < -0.3 is 20.3 Å². The maximum atomic E-state index is 12.9. The number of rotatable bonds is 5. The van der Waals surface area contributed by atoms with Crippen LogP contribution in [0.15, 0.2) is 41.6 Å². The Balaban J connectivity index is 1.74. The van der Waals surface area contributed by atoms with E-state index in [4.69, 9.17) is 0 Å². The van der Waals surface area contributed by atoms with Gasteiger partial charge in [0, 0.05) is 25.4 Å². The van der Waals surface area contributed by atoms with Crippen molar-refractivity contribution in [1.29, 1.82) is 0 Å². The van der Waals surface area contributed by atoms with Crippen LogP contribution in [0.4, 0.5) is 19.0 Å². The van der Waals surface area contributed by atoms with Crippen molar-refractivity contribution >= 4 is 22.6 Å². The van der Waals surface area contributed by atoms with Crippen LogP contribution in [-0.2, 0) is 18.0 Å². The van der Waals surface area contributed by atoms with Gasteiger partial charge in [-0.25, -0.2) is 9.97 Å². The monoisotopic (exact) mass is 461 g/mol. The highest BCUT2D eigenvalue weighted by Crippen LogP contribution is 2.34. The summed E-state index contributed by atoms with van der Waals surface area (Å²) in [4.78, 5) is 34.0. The minimum atomic E-state index is -4.46. The van der Waals surface area contributed by atoms with Gasteiger partial charge in [0.15, 0.2) is 0 Å². The maximum absolute atomic E-state index is 12.9. The van der Waals surface area contributed by atoms with Crippen LogP contribution in [0.1, 0.15) is 18.9 Å². The zero-order chi connectivity index (χ0) is 24.0. The van der Waals surface area contributed by atoms with Crippen molar-refractivity contribution in [3.8, 4) is 11.1 Å². The van der Waals surface area contributed by atoms with Crippen LogP contribution in [-0.4, -0.2) is 44.7 Å². The van der Waals surface area contributed by atoms with Crippen LogP contribution in [0.5, 0.6) is 0 Å². The molecule has 0 radical (unpaired) electrons. The summed E-state index contributed by atoms with van der Waals surface area (Å²) in [5, 5.41) is 15.3. The van der Waals surface area contributed by atoms with E-state index >= 15 is 0 Å². The molecule has 4 rings (SSSR count). The second-order valence-electron chi connectivity index (χ2n) is 8.45. The van der Waals surface area contributed by atoms with Gasteiger partial charge in [-0.15, -0.1) is 0 Å². The van der Waals surface area contributed by atoms with E-state index in [0.29, 0.717) is 17.5 Å². The first-order chi connectivity index (χ1) is 15.5. The van der Waals surface area contributed by atoms with Gasteiger partial charge in [-0.1, -0.05) is 12.1 Å². The number of benzene rings is 1. The lowest BCUT2D eigenvalue weighted by atomic mass is 9.87. The fourth-order valence-corrected chi connectivity index (χ4v) is 3.98. The Morgan fingerprint density at radius 1 is 1.24 bits per heavy atom. The number of fused-ring (bicyclic) bond motifs is 1. The summed E-state index contributed by atoms with van der Waals surface area (Å²) in [6.45, 7) is 1.74. The highest BCUT2D eigenvalue weighted by Gasteiger charge is 2.42. The van der Waals surface area contributed by atoms with E-state index < -0.39 is 22.7 Å². The van der Waals surface area contributed by atoms with Crippen molar-refractivity contribution in [3.63, 3.8) is 0 Å². The van der Waals surface area contributed by atoms with Gasteiger partial charge in [0.2, 0.25) is 5.91 Å². The zero-order valence-electron chi connectivity index (χ0n) is 17.9. The number of anilines is 1. The van der Waals surface area contributed by atoms with Crippen LogP contribution in [0, 0.1) is 5.41 Å². The Morgan fingerprint density at radius 2 is 1.94 bits per heavy atom. The van der Waals surface area contributed by atoms with Crippen molar-refractivity contribution in [3.05, 3.63) is 52.7 Å². The molecule has 3 aromatic rings. The standard InChI is InChI=1S/C22H22F3N5O3/c1-21(7-14(9-31)29-20(21)33)10-27-18-16-17(28-11-30(2)19(16)32)15(8-26-18)12-3-5-13(6-4-12)22(23,24)25/h3-6,8,11,14,31H,7,9-10H2,1-2H3,(H,26,27)(H,29,33)/t14-,21-/m0/s1. The number of nitrogens with zero attached hydrogens (tertiary/aromatic N) is 3. The van der Waals surface area contributed by atoms with Gasteiger partial charge in [0.25, 0.3) is 5.56 Å². The van der Waals surface area contributed by atoms with E-state index in [2.05, 4.69) is 20.6 Å². The summed E-state index contributed by atoms with van der Waals surface area (Å²) in [7, 11) is 1.53. The minimum Gasteiger partial charge on any atom is -0.394 e. The summed E-state index contributed by atoms with van der Waals surface area (Å²) in [5.41, 5.74) is -0.869. The van der Waals surface area contributed by atoms with Gasteiger partial charge in [-0.3, -0.25) is 9.59 Å². The maximum Gasteiger partial charge on any atom is 0.416 e. The average Bonchev–Trinajstić information content (AvgIpc) is 3.08. The largest absolute Gasteiger partial charge is 0.416 e. The number of carbonyl (C=O) groups excluding carboxylic acids is 1. The summed E-state index contributed by atoms with van der Waals surface area (Å²) >= 11 is 0. The second kappa shape index (κ2) is 8.14. The van der Waals surface area contributed by atoms with Crippen molar-refractivity contribution in [2.24, 2.45) is 12.5 Å². The van der Waals surface area contributed by atoms with E-state index in [9.17, 15) is 27.9 Å². The van der Waals surface area contributed by atoms with Gasteiger partial charge in [0.05, 0.1) is 35.5 Å². The molecule has 3 N–H and O–H groups in total. The fourth-order valence-electron chi connectivity index (χ4n) is 3.98. The smallest absolute Gasteiger partial charge is 0.394 e. The Bertz CT molecular complexity index is 1270. The molecule has 0 spiro atoms. The predicted molar refractivity (Wildman–Crippen MR) is 115 cm³/mol. The van der Waals surface area contributed by atoms with Gasteiger partial charge >= 0.3 is 6.18 Å². The summed E-state index contributed by atoms with van der Waals surface area (Å²) in [5.74, 6) is 0.00147. The highest BCUT2D eigenvalue weighted by atomic mass is 19.4. The number of halogens is 3. The number of hydrogen-bond acceptors (Lipinski definition) is 6. The molecule has 1 aliphatic heterocycles. The molecule has 1 amide bonds. The number of hydrogen-bond donors (Lipinski definition) is 3. The number of pyridine rings is 1. The van der Waals surface area contributed by atoms with Crippen molar-refractivity contribution in [1.82, 2.24) is 19.9 Å². The molecule has 0 bridgehead atoms. The van der Waals surface area contributed by atoms with Gasteiger partial charge in [0.1, 0.15) is 11.2 Å². The number of carbonyl (C=O) groups is 1. The highest BCUT2D eigenvalue weighted by molar-refractivity contribution is 5.98. The molecule has 2 aromatic heterocycles. The van der Waals surface area contributed by atoms with Crippen molar-refractivity contribution in [2.75, 3.05) is 18.5 Å². The van der Waals surface area contributed by atoms with Gasteiger partial charge in [-0.2, -0.15) is 13.2 Å². The molecule has 3 heterocycles. The van der Waals surface area contributed by atoms with E-state index in [1.54, 1.807) is 6.92 Å². The number of nitrogens with one attached hydrogen (secondary N) is 2. The minimum absolute atomic E-state index is 0.162. The molecule has 1 aliphatic rings. The lowest BCUT2D eigenvalue weighted by Gasteiger charge is -2.22. The molecular formula is C22H22F3N5O3. The number of aryl methyl sites for hydroxylation is 1. The molecule has 33 heavy (non-hydrogen) atoms. The molecule has 1 fully saturated rings. The van der Waals surface area contributed by atoms with E-state index in [1.807, 2.05) is 0 Å². The first-order valence-corrected chi connectivity index (χ1v) is 10.2. The molecule has 1 saturated heterocycles. The Labute approximate surface area is 186 Å². The number of aliphatic hydroxyl groups excluding tert-OH is 1. The molecule has 0 saturated carbocycles. The molecule has 11 heteroatoms. The SMILES string of the molecule is Cn1cnc2c(-c3ccc(C(F)(F)F)cc3)cnc(NC[C@]3(C)C[C@@H](CO)NC3=O)c2c1=O. The van der Waals surface area contributed by atoms with Crippen molar-refractivity contribution in [2.45, 2.75) is 25.6 Å². The summed E-state index contributed by atoms with van der Waals surface area (Å²) in [6, 6.07) is 4.21. The van der Waals surface area contributed by atoms with E-state index in [-0.39, 0.29) is 41.8 Å². The average molecular weight is 461 g/mol. The number of aliphatic hydroxyl groups is 1. The first-order valence-electron chi connectivity index (χ1n) is 10.2. The fraction of sp³-hybridized carbons (Fsp3) is 0.364. The topological polar surface area (TPSA) is 109 Å². The first kappa shape index (κ1) is 22.7. The lowest BCUT2D eigenvalue weighted by Crippen LogP contribution is -2.35. The molecular weight excluding hydrogens is 439 g/mol. The van der Waals surface area contributed by atoms with Crippen LogP contribution < -0.4 is 16.2 Å². The third kappa shape index (κ3) is 4.15. The summed E-state index contributed by atoms with van der Waals surface area (Å²) in [6.07, 6.45) is -1.28. The molecule has 174 valence electrons. The molecule has 1 aromatic carbocycles. The second-order valence-corrected chi connectivity index (χ2v) is 8.45. The summed E-state index contributed by atoms with van der Waals surface area (Å²) < 4.78 is 40.0. The molecule has 8 nitrogen and oxygen atoms in total. The molecule has 0 unspecified atom stereocenters. The lowest BCUT2D eigenvalue weighted by molar-refractivity contribution is -0.137. The van der Waals surface area contributed by atoms with Crippen LogP contribution in [0.25, 0.3) is 22.0 Å². The number of aromatic nitrogens is 3. The number of amides is 1.